The van der Waals surface area contributed by atoms with E-state index in [1.807, 2.05) is 29.2 Å². The van der Waals surface area contributed by atoms with Crippen LogP contribution in [0, 0.1) is 0 Å². The SMILES string of the molecule is CN=CC(=CN)c1ccc2cnn(-c3ccnc(N4CCCC4)c3)c2c1. The summed E-state index contributed by atoms with van der Waals surface area (Å²) in [4.78, 5) is 10.9. The number of nitrogens with zero attached hydrogens (tertiary/aromatic N) is 5. The fourth-order valence-corrected chi connectivity index (χ4v) is 3.42. The van der Waals surface area contributed by atoms with Gasteiger partial charge in [0.05, 0.1) is 17.4 Å². The highest BCUT2D eigenvalue weighted by Gasteiger charge is 2.15. The average molecular weight is 346 g/mol. The van der Waals surface area contributed by atoms with E-state index in [0.717, 1.165) is 46.6 Å². The molecular formula is C20H22N6. The van der Waals surface area contributed by atoms with Crippen molar-refractivity contribution >= 4 is 28.5 Å². The molecule has 1 fully saturated rings. The van der Waals surface area contributed by atoms with Crippen molar-refractivity contribution in [1.82, 2.24) is 14.8 Å². The van der Waals surface area contributed by atoms with Gasteiger partial charge >= 0.3 is 0 Å². The molecule has 6 nitrogen and oxygen atoms in total. The van der Waals surface area contributed by atoms with Gasteiger partial charge in [0.1, 0.15) is 5.82 Å². The Labute approximate surface area is 152 Å². The van der Waals surface area contributed by atoms with Crippen molar-refractivity contribution in [3.05, 3.63) is 54.5 Å². The molecule has 26 heavy (non-hydrogen) atoms. The van der Waals surface area contributed by atoms with Crippen LogP contribution in [0.4, 0.5) is 5.82 Å². The Morgan fingerprint density at radius 3 is 2.81 bits per heavy atom. The molecule has 0 saturated carbocycles. The molecule has 0 unspecified atom stereocenters. The predicted molar refractivity (Wildman–Crippen MR) is 107 cm³/mol. The number of anilines is 1. The van der Waals surface area contributed by atoms with E-state index in [1.54, 1.807) is 19.5 Å². The quantitative estimate of drug-likeness (QED) is 0.737. The fourth-order valence-electron chi connectivity index (χ4n) is 3.42. The van der Waals surface area contributed by atoms with Crippen molar-refractivity contribution < 1.29 is 0 Å². The minimum absolute atomic E-state index is 0.884. The van der Waals surface area contributed by atoms with Gasteiger partial charge in [0, 0.05) is 55.8 Å². The molecule has 1 saturated heterocycles. The summed E-state index contributed by atoms with van der Waals surface area (Å²) in [5.41, 5.74) is 9.70. The van der Waals surface area contributed by atoms with E-state index < -0.39 is 0 Å². The Kier molecular flexibility index (Phi) is 4.39. The minimum Gasteiger partial charge on any atom is -0.404 e. The molecule has 6 heteroatoms. The van der Waals surface area contributed by atoms with Gasteiger partial charge in [-0.25, -0.2) is 9.67 Å². The van der Waals surface area contributed by atoms with Crippen molar-refractivity contribution in [1.29, 1.82) is 0 Å². The maximum Gasteiger partial charge on any atom is 0.130 e. The van der Waals surface area contributed by atoms with Crippen molar-refractivity contribution in [2.24, 2.45) is 10.7 Å². The first kappa shape index (κ1) is 16.3. The van der Waals surface area contributed by atoms with Crippen LogP contribution in [0.3, 0.4) is 0 Å². The third-order valence-corrected chi connectivity index (χ3v) is 4.76. The normalized spacial score (nSPS) is 15.4. The van der Waals surface area contributed by atoms with Crippen molar-refractivity contribution in [2.45, 2.75) is 12.8 Å². The molecule has 1 aliphatic heterocycles. The summed E-state index contributed by atoms with van der Waals surface area (Å²) in [7, 11) is 1.74. The first-order chi connectivity index (χ1) is 12.8. The van der Waals surface area contributed by atoms with Crippen LogP contribution < -0.4 is 10.6 Å². The lowest BCUT2D eigenvalue weighted by Gasteiger charge is -2.17. The van der Waals surface area contributed by atoms with E-state index in [2.05, 4.69) is 38.2 Å². The Morgan fingerprint density at radius 1 is 1.19 bits per heavy atom. The first-order valence-corrected chi connectivity index (χ1v) is 8.84. The van der Waals surface area contributed by atoms with Gasteiger partial charge in [0.25, 0.3) is 0 Å². The molecule has 1 aromatic carbocycles. The van der Waals surface area contributed by atoms with E-state index in [0.29, 0.717) is 0 Å². The summed E-state index contributed by atoms with van der Waals surface area (Å²) < 4.78 is 1.96. The second kappa shape index (κ2) is 7.00. The Bertz CT molecular complexity index is 979. The fraction of sp³-hybridized carbons (Fsp3) is 0.250. The molecule has 0 radical (unpaired) electrons. The van der Waals surface area contributed by atoms with Gasteiger partial charge in [0.2, 0.25) is 0 Å². The zero-order chi connectivity index (χ0) is 17.9. The average Bonchev–Trinajstić information content (AvgIpc) is 3.35. The van der Waals surface area contributed by atoms with Crippen LogP contribution in [0.1, 0.15) is 18.4 Å². The molecule has 0 atom stereocenters. The molecule has 4 rings (SSSR count). The van der Waals surface area contributed by atoms with E-state index >= 15 is 0 Å². The highest BCUT2D eigenvalue weighted by molar-refractivity contribution is 6.10. The Balaban J connectivity index is 1.78. The van der Waals surface area contributed by atoms with Gasteiger partial charge in [-0.1, -0.05) is 12.1 Å². The number of benzene rings is 1. The van der Waals surface area contributed by atoms with Crippen molar-refractivity contribution in [3.8, 4) is 5.69 Å². The lowest BCUT2D eigenvalue weighted by molar-refractivity contribution is 0.892. The van der Waals surface area contributed by atoms with E-state index in [1.165, 1.54) is 12.8 Å². The number of aliphatic imine (C=N–C) groups is 1. The van der Waals surface area contributed by atoms with Crippen LogP contribution in [-0.2, 0) is 0 Å². The molecule has 3 heterocycles. The van der Waals surface area contributed by atoms with Crippen molar-refractivity contribution in [3.63, 3.8) is 0 Å². The number of aromatic nitrogens is 3. The molecule has 0 amide bonds. The van der Waals surface area contributed by atoms with Crippen LogP contribution >= 0.6 is 0 Å². The molecule has 1 aliphatic rings. The zero-order valence-corrected chi connectivity index (χ0v) is 14.8. The summed E-state index contributed by atoms with van der Waals surface area (Å²) in [6.45, 7) is 2.14. The number of allylic oxidation sites excluding steroid dienone is 1. The molecule has 3 aromatic rings. The zero-order valence-electron chi connectivity index (χ0n) is 14.8. The van der Waals surface area contributed by atoms with Gasteiger partial charge in [-0.05, 0) is 30.5 Å². The summed E-state index contributed by atoms with van der Waals surface area (Å²) in [5, 5.41) is 5.67. The highest BCUT2D eigenvalue weighted by atomic mass is 15.3. The number of hydrogen-bond acceptors (Lipinski definition) is 5. The van der Waals surface area contributed by atoms with E-state index in [4.69, 9.17) is 5.73 Å². The molecule has 2 N–H and O–H groups in total. The van der Waals surface area contributed by atoms with Gasteiger partial charge in [0.15, 0.2) is 0 Å². The van der Waals surface area contributed by atoms with Gasteiger partial charge in [-0.2, -0.15) is 5.10 Å². The monoisotopic (exact) mass is 346 g/mol. The van der Waals surface area contributed by atoms with Gasteiger partial charge in [-0.3, -0.25) is 4.99 Å². The summed E-state index contributed by atoms with van der Waals surface area (Å²) in [5.74, 6) is 1.01. The maximum atomic E-state index is 5.76. The van der Waals surface area contributed by atoms with Crippen LogP contribution in [0.15, 0.2) is 53.9 Å². The van der Waals surface area contributed by atoms with Crippen LogP contribution in [0.2, 0.25) is 0 Å². The first-order valence-electron chi connectivity index (χ1n) is 8.84. The molecule has 0 spiro atoms. The van der Waals surface area contributed by atoms with E-state index in [9.17, 15) is 0 Å². The van der Waals surface area contributed by atoms with Crippen molar-refractivity contribution in [2.75, 3.05) is 25.0 Å². The summed E-state index contributed by atoms with van der Waals surface area (Å²) >= 11 is 0. The standard InChI is InChI=1S/C20H22N6/c1-22-13-17(12-21)15-4-5-16-14-24-26(19(16)10-15)18-6-7-23-20(11-18)25-8-2-3-9-25/h4-7,10-14H,2-3,8-9,21H2,1H3. The molecular weight excluding hydrogens is 324 g/mol. The lowest BCUT2D eigenvalue weighted by Crippen LogP contribution is -2.19. The molecule has 2 aromatic heterocycles. The van der Waals surface area contributed by atoms with Crippen LogP contribution in [-0.4, -0.2) is 41.1 Å². The number of pyridine rings is 1. The van der Waals surface area contributed by atoms with Crippen LogP contribution in [0.25, 0.3) is 22.2 Å². The Morgan fingerprint density at radius 2 is 2.04 bits per heavy atom. The number of fused-ring (bicyclic) bond motifs is 1. The largest absolute Gasteiger partial charge is 0.404 e. The lowest BCUT2D eigenvalue weighted by atomic mass is 10.1. The number of nitrogens with two attached hydrogens (primary N) is 1. The second-order valence-electron chi connectivity index (χ2n) is 6.41. The third kappa shape index (κ3) is 2.94. The molecule has 0 aliphatic carbocycles. The summed E-state index contributed by atoms with van der Waals surface area (Å²) in [6.07, 6.45) is 9.54. The third-order valence-electron chi connectivity index (χ3n) is 4.76. The molecule has 0 bridgehead atoms. The highest BCUT2D eigenvalue weighted by Crippen LogP contribution is 2.25. The minimum atomic E-state index is 0.884. The number of hydrogen-bond donors (Lipinski definition) is 1. The smallest absolute Gasteiger partial charge is 0.130 e. The maximum absolute atomic E-state index is 5.76. The van der Waals surface area contributed by atoms with Gasteiger partial charge in [-0.15, -0.1) is 0 Å². The second-order valence-corrected chi connectivity index (χ2v) is 6.41. The Hall–Kier alpha value is -3.15. The number of rotatable bonds is 4. The predicted octanol–water partition coefficient (Wildman–Crippen LogP) is 3.02. The summed E-state index contributed by atoms with van der Waals surface area (Å²) in [6, 6.07) is 10.3. The van der Waals surface area contributed by atoms with Crippen LogP contribution in [0.5, 0.6) is 0 Å². The van der Waals surface area contributed by atoms with Gasteiger partial charge < -0.3 is 10.6 Å². The molecule has 132 valence electrons. The van der Waals surface area contributed by atoms with E-state index in [-0.39, 0.29) is 0 Å². The topological polar surface area (TPSA) is 72.3 Å².